The monoisotopic (exact) mass is 376 g/mol. The second kappa shape index (κ2) is 8.60. The van der Waals surface area contributed by atoms with Gasteiger partial charge in [-0.1, -0.05) is 11.6 Å². The minimum atomic E-state index is -0.389. The molecule has 0 bridgehead atoms. The smallest absolute Gasteiger partial charge is 0.338 e. The Balaban J connectivity index is 1.93. The average molecular weight is 377 g/mol. The number of carbonyl (C=O) groups excluding carboxylic acids is 2. The van der Waals surface area contributed by atoms with Crippen LogP contribution in [0, 0.1) is 0 Å². The first-order valence-corrected chi connectivity index (χ1v) is 8.32. The van der Waals surface area contributed by atoms with Gasteiger partial charge in [0.05, 0.1) is 11.7 Å². The van der Waals surface area contributed by atoms with Crippen LogP contribution in [0.3, 0.4) is 0 Å². The number of halogens is 1. The SMILES string of the molecule is CC(C)OC(=O)c1ccc(NC(=S)NC(=O)c2ccc(Cl)cc2)cc1. The van der Waals surface area contributed by atoms with E-state index in [0.29, 0.717) is 21.8 Å². The van der Waals surface area contributed by atoms with Gasteiger partial charge in [-0.2, -0.15) is 0 Å². The number of thiocarbonyl (C=S) groups is 1. The number of amides is 1. The fraction of sp³-hybridized carbons (Fsp3) is 0.167. The van der Waals surface area contributed by atoms with Gasteiger partial charge in [-0.3, -0.25) is 10.1 Å². The highest BCUT2D eigenvalue weighted by Crippen LogP contribution is 2.12. The molecule has 7 heteroatoms. The molecule has 2 N–H and O–H groups in total. The van der Waals surface area contributed by atoms with Gasteiger partial charge >= 0.3 is 5.97 Å². The molecule has 5 nitrogen and oxygen atoms in total. The first-order valence-electron chi connectivity index (χ1n) is 7.54. The van der Waals surface area contributed by atoms with Crippen molar-refractivity contribution in [1.82, 2.24) is 5.32 Å². The fourth-order valence-corrected chi connectivity index (χ4v) is 2.25. The van der Waals surface area contributed by atoms with E-state index in [1.165, 1.54) is 0 Å². The first kappa shape index (κ1) is 18.9. The highest BCUT2D eigenvalue weighted by molar-refractivity contribution is 7.80. The molecule has 0 fully saturated rings. The van der Waals surface area contributed by atoms with Crippen LogP contribution < -0.4 is 10.6 Å². The van der Waals surface area contributed by atoms with Gasteiger partial charge in [0.2, 0.25) is 0 Å². The average Bonchev–Trinajstić information content (AvgIpc) is 2.55. The van der Waals surface area contributed by atoms with Crippen molar-refractivity contribution in [3.05, 3.63) is 64.7 Å². The summed E-state index contributed by atoms with van der Waals surface area (Å²) in [5.74, 6) is -0.730. The molecule has 0 aliphatic rings. The van der Waals surface area contributed by atoms with E-state index < -0.39 is 0 Å². The Morgan fingerprint density at radius 3 is 2.12 bits per heavy atom. The molecule has 1 amide bonds. The Morgan fingerprint density at radius 2 is 1.56 bits per heavy atom. The van der Waals surface area contributed by atoms with Crippen LogP contribution >= 0.6 is 23.8 Å². The standard InChI is InChI=1S/C18H17ClN2O3S/c1-11(2)24-17(23)13-5-9-15(10-6-13)20-18(25)21-16(22)12-3-7-14(19)8-4-12/h3-11H,1-2H3,(H2,20,21,22,25). The molecule has 2 rings (SSSR count). The van der Waals surface area contributed by atoms with Crippen molar-refractivity contribution in [3.63, 3.8) is 0 Å². The lowest BCUT2D eigenvalue weighted by molar-refractivity contribution is 0.0378. The molecule has 0 spiro atoms. The van der Waals surface area contributed by atoms with E-state index in [1.807, 2.05) is 0 Å². The van der Waals surface area contributed by atoms with Crippen molar-refractivity contribution in [2.75, 3.05) is 5.32 Å². The number of rotatable bonds is 4. The third-order valence-electron chi connectivity index (χ3n) is 3.05. The van der Waals surface area contributed by atoms with Crippen molar-refractivity contribution in [2.24, 2.45) is 0 Å². The van der Waals surface area contributed by atoms with Crippen LogP contribution in [-0.4, -0.2) is 23.1 Å². The predicted molar refractivity (Wildman–Crippen MR) is 102 cm³/mol. The van der Waals surface area contributed by atoms with Gasteiger partial charge in [0.25, 0.3) is 5.91 Å². The molecular weight excluding hydrogens is 360 g/mol. The number of carbonyl (C=O) groups is 2. The summed E-state index contributed by atoms with van der Waals surface area (Å²) in [4.78, 5) is 23.8. The largest absolute Gasteiger partial charge is 0.459 e. The summed E-state index contributed by atoms with van der Waals surface area (Å²) in [6, 6.07) is 13.1. The maximum atomic E-state index is 12.1. The van der Waals surface area contributed by atoms with Crippen LogP contribution in [0.1, 0.15) is 34.6 Å². The molecule has 0 aromatic heterocycles. The fourth-order valence-electron chi connectivity index (χ4n) is 1.91. The van der Waals surface area contributed by atoms with Crippen molar-refractivity contribution in [2.45, 2.75) is 20.0 Å². The van der Waals surface area contributed by atoms with Crippen molar-refractivity contribution in [1.29, 1.82) is 0 Å². The molecule has 0 radical (unpaired) electrons. The lowest BCUT2D eigenvalue weighted by atomic mass is 10.2. The van der Waals surface area contributed by atoms with E-state index in [0.717, 1.165) is 0 Å². The third-order valence-corrected chi connectivity index (χ3v) is 3.51. The quantitative estimate of drug-likeness (QED) is 0.622. The number of hydrogen-bond donors (Lipinski definition) is 2. The van der Waals surface area contributed by atoms with Crippen molar-refractivity contribution >= 4 is 46.5 Å². The minimum absolute atomic E-state index is 0.150. The molecule has 0 aliphatic heterocycles. The van der Waals surface area contributed by atoms with E-state index in [9.17, 15) is 9.59 Å². The normalized spacial score (nSPS) is 10.2. The Hall–Kier alpha value is -2.44. The third kappa shape index (κ3) is 5.85. The molecule has 25 heavy (non-hydrogen) atoms. The van der Waals surface area contributed by atoms with E-state index in [1.54, 1.807) is 62.4 Å². The maximum absolute atomic E-state index is 12.1. The zero-order valence-electron chi connectivity index (χ0n) is 13.7. The van der Waals surface area contributed by atoms with Gasteiger partial charge < -0.3 is 10.1 Å². The summed E-state index contributed by atoms with van der Waals surface area (Å²) in [7, 11) is 0. The number of esters is 1. The summed E-state index contributed by atoms with van der Waals surface area (Å²) < 4.78 is 5.12. The summed E-state index contributed by atoms with van der Waals surface area (Å²) in [5, 5.41) is 6.16. The van der Waals surface area contributed by atoms with Gasteiger partial charge in [0.15, 0.2) is 5.11 Å². The first-order chi connectivity index (χ1) is 11.8. The van der Waals surface area contributed by atoms with Crippen LogP contribution in [0.2, 0.25) is 5.02 Å². The van der Waals surface area contributed by atoms with Crippen LogP contribution in [0.4, 0.5) is 5.69 Å². The van der Waals surface area contributed by atoms with Crippen LogP contribution in [0.5, 0.6) is 0 Å². The Morgan fingerprint density at radius 1 is 1.00 bits per heavy atom. The molecule has 0 heterocycles. The number of hydrogen-bond acceptors (Lipinski definition) is 4. The number of benzene rings is 2. The number of ether oxygens (including phenoxy) is 1. The van der Waals surface area contributed by atoms with Gasteiger partial charge in [-0.15, -0.1) is 0 Å². The van der Waals surface area contributed by atoms with Crippen molar-refractivity contribution < 1.29 is 14.3 Å². The van der Waals surface area contributed by atoms with E-state index in [-0.39, 0.29) is 23.1 Å². The van der Waals surface area contributed by atoms with E-state index in [2.05, 4.69) is 10.6 Å². The Kier molecular flexibility index (Phi) is 6.50. The zero-order valence-corrected chi connectivity index (χ0v) is 15.3. The highest BCUT2D eigenvalue weighted by Gasteiger charge is 2.10. The molecule has 0 unspecified atom stereocenters. The molecule has 0 atom stereocenters. The summed E-state index contributed by atoms with van der Waals surface area (Å²) >= 11 is 10.9. The molecule has 0 saturated heterocycles. The zero-order chi connectivity index (χ0) is 18.4. The summed E-state index contributed by atoms with van der Waals surface area (Å²) in [6.45, 7) is 3.57. The second-order valence-corrected chi connectivity index (χ2v) is 6.29. The molecule has 0 aliphatic carbocycles. The van der Waals surface area contributed by atoms with Crippen LogP contribution in [-0.2, 0) is 4.74 Å². The molecule has 2 aromatic rings. The predicted octanol–water partition coefficient (Wildman–Crippen LogP) is 4.03. The second-order valence-electron chi connectivity index (χ2n) is 5.45. The molecule has 2 aromatic carbocycles. The highest BCUT2D eigenvalue weighted by atomic mass is 35.5. The summed E-state index contributed by atoms with van der Waals surface area (Å²) in [6.07, 6.45) is -0.180. The number of anilines is 1. The lowest BCUT2D eigenvalue weighted by Crippen LogP contribution is -2.34. The van der Waals surface area contributed by atoms with Gasteiger partial charge in [-0.05, 0) is 74.6 Å². The Bertz CT molecular complexity index is 774. The van der Waals surface area contributed by atoms with Crippen molar-refractivity contribution in [3.8, 4) is 0 Å². The summed E-state index contributed by atoms with van der Waals surface area (Å²) in [5.41, 5.74) is 1.53. The number of nitrogens with one attached hydrogen (secondary N) is 2. The van der Waals surface area contributed by atoms with Crippen LogP contribution in [0.15, 0.2) is 48.5 Å². The van der Waals surface area contributed by atoms with Gasteiger partial charge in [0, 0.05) is 16.3 Å². The lowest BCUT2D eigenvalue weighted by Gasteiger charge is -2.11. The maximum Gasteiger partial charge on any atom is 0.338 e. The Labute approximate surface area is 156 Å². The molecule has 130 valence electrons. The van der Waals surface area contributed by atoms with Crippen LogP contribution in [0.25, 0.3) is 0 Å². The topological polar surface area (TPSA) is 67.4 Å². The molecule has 0 saturated carbocycles. The molecular formula is C18H17ClN2O3S. The minimum Gasteiger partial charge on any atom is -0.459 e. The van der Waals surface area contributed by atoms with Gasteiger partial charge in [-0.25, -0.2) is 4.79 Å². The van der Waals surface area contributed by atoms with Gasteiger partial charge in [0.1, 0.15) is 0 Å². The van der Waals surface area contributed by atoms with E-state index in [4.69, 9.17) is 28.6 Å². The van der Waals surface area contributed by atoms with E-state index >= 15 is 0 Å².